The zero-order chi connectivity index (χ0) is 17.6. The number of H-pyrrole nitrogens is 1. The molecule has 0 aliphatic rings. The number of amides is 1. The summed E-state index contributed by atoms with van der Waals surface area (Å²) < 4.78 is 13.0. The molecule has 0 aliphatic carbocycles. The smallest absolute Gasteiger partial charge is 0.254 e. The molecule has 3 rings (SSSR count). The monoisotopic (exact) mass is 338 g/mol. The number of aromatic amines is 1. The van der Waals surface area contributed by atoms with Crippen LogP contribution in [-0.4, -0.2) is 34.1 Å². The second-order valence-corrected chi connectivity index (χ2v) is 5.71. The van der Waals surface area contributed by atoms with Crippen LogP contribution in [0.15, 0.2) is 60.9 Å². The van der Waals surface area contributed by atoms with Crippen molar-refractivity contribution in [2.75, 3.05) is 13.1 Å². The average molecular weight is 338 g/mol. The number of rotatable bonds is 6. The Morgan fingerprint density at radius 3 is 2.40 bits per heavy atom. The van der Waals surface area contributed by atoms with Gasteiger partial charge < -0.3 is 10.6 Å². The standard InChI is InChI=1S/C19H19FN4O/c20-18-7-1-14(2-8-18)13-24(10-9-21)19(25)16-5-3-15(4-6-16)17-11-22-23-12-17/h1-8,11-12H,9-10,13,21H2,(H,22,23). The molecule has 0 spiro atoms. The predicted octanol–water partition coefficient (Wildman–Crippen LogP) is 2.82. The van der Waals surface area contributed by atoms with E-state index in [0.29, 0.717) is 25.2 Å². The maximum Gasteiger partial charge on any atom is 0.254 e. The molecule has 0 saturated carbocycles. The molecule has 0 fully saturated rings. The molecule has 0 radical (unpaired) electrons. The van der Waals surface area contributed by atoms with Gasteiger partial charge in [0.25, 0.3) is 5.91 Å². The fraction of sp³-hybridized carbons (Fsp3) is 0.158. The number of hydrogen-bond donors (Lipinski definition) is 2. The lowest BCUT2D eigenvalue weighted by Gasteiger charge is -2.22. The third kappa shape index (κ3) is 4.10. The number of carbonyl (C=O) groups excluding carboxylic acids is 1. The van der Waals surface area contributed by atoms with E-state index in [-0.39, 0.29) is 11.7 Å². The topological polar surface area (TPSA) is 75.0 Å². The molecular weight excluding hydrogens is 319 g/mol. The minimum atomic E-state index is -0.296. The van der Waals surface area contributed by atoms with E-state index in [2.05, 4.69) is 10.2 Å². The highest BCUT2D eigenvalue weighted by Crippen LogP contribution is 2.19. The molecule has 3 aromatic rings. The van der Waals surface area contributed by atoms with Crippen LogP contribution in [0, 0.1) is 5.82 Å². The van der Waals surface area contributed by atoms with Gasteiger partial charge in [-0.1, -0.05) is 24.3 Å². The number of aromatic nitrogens is 2. The van der Waals surface area contributed by atoms with Crippen molar-refractivity contribution in [1.29, 1.82) is 0 Å². The van der Waals surface area contributed by atoms with E-state index in [1.807, 2.05) is 12.1 Å². The zero-order valence-electron chi connectivity index (χ0n) is 13.7. The highest BCUT2D eigenvalue weighted by atomic mass is 19.1. The lowest BCUT2D eigenvalue weighted by atomic mass is 10.1. The molecule has 25 heavy (non-hydrogen) atoms. The minimum absolute atomic E-state index is 0.103. The lowest BCUT2D eigenvalue weighted by molar-refractivity contribution is 0.0748. The van der Waals surface area contributed by atoms with Crippen molar-refractivity contribution >= 4 is 5.91 Å². The Hall–Kier alpha value is -2.99. The van der Waals surface area contributed by atoms with Crippen LogP contribution < -0.4 is 5.73 Å². The van der Waals surface area contributed by atoms with Crippen molar-refractivity contribution in [3.05, 3.63) is 77.9 Å². The summed E-state index contributed by atoms with van der Waals surface area (Å²) in [6.07, 6.45) is 3.53. The van der Waals surface area contributed by atoms with Gasteiger partial charge in [-0.15, -0.1) is 0 Å². The number of halogens is 1. The first kappa shape index (κ1) is 16.9. The molecule has 128 valence electrons. The zero-order valence-corrected chi connectivity index (χ0v) is 13.7. The van der Waals surface area contributed by atoms with Gasteiger partial charge in [-0.2, -0.15) is 5.10 Å². The van der Waals surface area contributed by atoms with Gasteiger partial charge >= 0.3 is 0 Å². The number of nitrogens with one attached hydrogen (secondary N) is 1. The van der Waals surface area contributed by atoms with Crippen molar-refractivity contribution in [1.82, 2.24) is 15.1 Å². The molecule has 0 atom stereocenters. The van der Waals surface area contributed by atoms with Crippen LogP contribution in [0.2, 0.25) is 0 Å². The van der Waals surface area contributed by atoms with Gasteiger partial charge in [0.2, 0.25) is 0 Å². The number of carbonyl (C=O) groups is 1. The van der Waals surface area contributed by atoms with Gasteiger partial charge in [-0.05, 0) is 35.4 Å². The van der Waals surface area contributed by atoms with Crippen molar-refractivity contribution in [3.8, 4) is 11.1 Å². The van der Waals surface area contributed by atoms with E-state index in [1.54, 1.807) is 41.6 Å². The Balaban J connectivity index is 1.76. The summed E-state index contributed by atoms with van der Waals surface area (Å²) in [6.45, 7) is 1.18. The fourth-order valence-electron chi connectivity index (χ4n) is 2.62. The third-order valence-electron chi connectivity index (χ3n) is 3.94. The number of nitrogens with two attached hydrogens (primary N) is 1. The summed E-state index contributed by atoms with van der Waals surface area (Å²) in [5.41, 5.74) is 9.04. The summed E-state index contributed by atoms with van der Waals surface area (Å²) in [5.74, 6) is -0.399. The summed E-state index contributed by atoms with van der Waals surface area (Å²) in [5, 5.41) is 6.69. The van der Waals surface area contributed by atoms with Crippen molar-refractivity contribution in [3.63, 3.8) is 0 Å². The highest BCUT2D eigenvalue weighted by molar-refractivity contribution is 5.94. The molecular formula is C19H19FN4O. The van der Waals surface area contributed by atoms with Crippen LogP contribution in [0.25, 0.3) is 11.1 Å². The Kier molecular flexibility index (Phi) is 5.20. The van der Waals surface area contributed by atoms with E-state index in [9.17, 15) is 9.18 Å². The molecule has 0 saturated heterocycles. The molecule has 0 bridgehead atoms. The second kappa shape index (κ2) is 7.72. The van der Waals surface area contributed by atoms with Crippen molar-refractivity contribution in [2.24, 2.45) is 5.73 Å². The minimum Gasteiger partial charge on any atom is -0.333 e. The Labute approximate surface area is 145 Å². The Bertz CT molecular complexity index is 814. The van der Waals surface area contributed by atoms with E-state index in [0.717, 1.165) is 16.7 Å². The summed E-state index contributed by atoms with van der Waals surface area (Å²) in [7, 11) is 0. The summed E-state index contributed by atoms with van der Waals surface area (Å²) in [4.78, 5) is 14.4. The van der Waals surface area contributed by atoms with Crippen LogP contribution in [0.5, 0.6) is 0 Å². The first-order valence-electron chi connectivity index (χ1n) is 8.00. The molecule has 0 unspecified atom stereocenters. The third-order valence-corrected chi connectivity index (χ3v) is 3.94. The van der Waals surface area contributed by atoms with Gasteiger partial charge in [-0.3, -0.25) is 9.89 Å². The molecule has 1 heterocycles. The first-order chi connectivity index (χ1) is 12.2. The second-order valence-electron chi connectivity index (χ2n) is 5.71. The van der Waals surface area contributed by atoms with Gasteiger partial charge in [-0.25, -0.2) is 4.39 Å². The van der Waals surface area contributed by atoms with Crippen molar-refractivity contribution in [2.45, 2.75) is 6.54 Å². The Morgan fingerprint density at radius 1 is 1.08 bits per heavy atom. The van der Waals surface area contributed by atoms with E-state index < -0.39 is 0 Å². The predicted molar refractivity (Wildman–Crippen MR) is 94.2 cm³/mol. The van der Waals surface area contributed by atoms with Crippen LogP contribution in [0.3, 0.4) is 0 Å². The van der Waals surface area contributed by atoms with E-state index >= 15 is 0 Å². The van der Waals surface area contributed by atoms with Crippen LogP contribution in [0.1, 0.15) is 15.9 Å². The van der Waals surface area contributed by atoms with Gasteiger partial charge in [0.05, 0.1) is 6.20 Å². The first-order valence-corrected chi connectivity index (χ1v) is 8.00. The average Bonchev–Trinajstić information content (AvgIpc) is 3.17. The molecule has 5 nitrogen and oxygen atoms in total. The summed E-state index contributed by atoms with van der Waals surface area (Å²) in [6, 6.07) is 13.5. The fourth-order valence-corrected chi connectivity index (χ4v) is 2.62. The Morgan fingerprint density at radius 2 is 1.80 bits per heavy atom. The highest BCUT2D eigenvalue weighted by Gasteiger charge is 2.16. The molecule has 2 aromatic carbocycles. The van der Waals surface area contributed by atoms with Gasteiger partial charge in [0, 0.05) is 37.0 Å². The van der Waals surface area contributed by atoms with Gasteiger partial charge in [0.1, 0.15) is 5.82 Å². The van der Waals surface area contributed by atoms with Crippen LogP contribution in [-0.2, 0) is 6.54 Å². The van der Waals surface area contributed by atoms with E-state index in [1.165, 1.54) is 12.1 Å². The molecule has 0 aliphatic heterocycles. The quantitative estimate of drug-likeness (QED) is 0.726. The number of benzene rings is 2. The molecule has 1 aromatic heterocycles. The summed E-state index contributed by atoms with van der Waals surface area (Å²) >= 11 is 0. The normalized spacial score (nSPS) is 10.6. The SMILES string of the molecule is NCCN(Cc1ccc(F)cc1)C(=O)c1ccc(-c2cn[nH]c2)cc1. The van der Waals surface area contributed by atoms with Crippen LogP contribution >= 0.6 is 0 Å². The number of nitrogens with zero attached hydrogens (tertiary/aromatic N) is 2. The molecule has 6 heteroatoms. The van der Waals surface area contributed by atoms with Crippen molar-refractivity contribution < 1.29 is 9.18 Å². The maximum atomic E-state index is 13.0. The molecule has 1 amide bonds. The van der Waals surface area contributed by atoms with Gasteiger partial charge in [0.15, 0.2) is 0 Å². The lowest BCUT2D eigenvalue weighted by Crippen LogP contribution is -2.34. The largest absolute Gasteiger partial charge is 0.333 e. The van der Waals surface area contributed by atoms with E-state index in [4.69, 9.17) is 5.73 Å². The number of hydrogen-bond acceptors (Lipinski definition) is 3. The van der Waals surface area contributed by atoms with Crippen LogP contribution in [0.4, 0.5) is 4.39 Å². The maximum absolute atomic E-state index is 13.0. The molecule has 3 N–H and O–H groups in total.